The molecule has 1 aromatic heterocycles. The topological polar surface area (TPSA) is 82.0 Å². The van der Waals surface area contributed by atoms with Gasteiger partial charge < -0.3 is 14.7 Å². The summed E-state index contributed by atoms with van der Waals surface area (Å²) in [6.07, 6.45) is 8.28. The average molecular weight is 737 g/mol. The van der Waals surface area contributed by atoms with Crippen molar-refractivity contribution in [2.24, 2.45) is 0 Å². The van der Waals surface area contributed by atoms with Gasteiger partial charge in [-0.3, -0.25) is 9.48 Å². The van der Waals surface area contributed by atoms with E-state index in [1.165, 1.54) is 40.5 Å². The second-order valence-electron chi connectivity index (χ2n) is 14.0. The van der Waals surface area contributed by atoms with Crippen LogP contribution in [0.5, 0.6) is 0 Å². The van der Waals surface area contributed by atoms with Gasteiger partial charge in [-0.25, -0.2) is 8.42 Å². The van der Waals surface area contributed by atoms with Crippen LogP contribution in [0.2, 0.25) is 0 Å². The van der Waals surface area contributed by atoms with Crippen molar-refractivity contribution in [2.45, 2.75) is 101 Å². The number of halogens is 3. The largest absolute Gasteiger partial charge is 0.417 e. The van der Waals surface area contributed by atoms with Crippen molar-refractivity contribution in [3.8, 4) is 11.3 Å². The first-order valence-electron chi connectivity index (χ1n) is 18.3. The number of carbonyl (C=O) groups is 1. The van der Waals surface area contributed by atoms with Crippen LogP contribution in [0.25, 0.3) is 11.3 Å². The number of piperidine rings is 1. The Bertz CT molecular complexity index is 1650. The third kappa shape index (κ3) is 8.73. The molecular formula is C36H51F3N6O3S2. The van der Waals surface area contributed by atoms with Crippen molar-refractivity contribution >= 4 is 27.7 Å². The van der Waals surface area contributed by atoms with Crippen LogP contribution in [-0.2, 0) is 40.5 Å². The number of aromatic nitrogens is 2. The van der Waals surface area contributed by atoms with Crippen LogP contribution in [0.1, 0.15) is 81.5 Å². The molecule has 14 heteroatoms. The SMILES string of the molecule is CCN(CCSc1cc(-c2nn(CCCN3CCC(N4CCCC4=O)CC3)c3c2CN(S(C)(=O)=O)CC3)ccc1C(F)(F)F)C1=CCCCC1. The number of sulfonamides is 1. The fourth-order valence-corrected chi connectivity index (χ4v) is 9.89. The van der Waals surface area contributed by atoms with E-state index in [2.05, 4.69) is 27.7 Å². The molecule has 0 N–H and O–H groups in total. The summed E-state index contributed by atoms with van der Waals surface area (Å²) < 4.78 is 71.3. The zero-order chi connectivity index (χ0) is 35.5. The maximum absolute atomic E-state index is 14.2. The molecule has 6 rings (SSSR count). The normalized spacial score (nSPS) is 20.0. The number of thioether (sulfide) groups is 1. The first-order valence-corrected chi connectivity index (χ1v) is 21.1. The van der Waals surface area contributed by atoms with E-state index in [-0.39, 0.29) is 17.3 Å². The Morgan fingerprint density at radius 1 is 1.02 bits per heavy atom. The lowest BCUT2D eigenvalue weighted by Crippen LogP contribution is -2.45. The molecule has 9 nitrogen and oxygen atoms in total. The maximum atomic E-state index is 14.2. The Hall–Kier alpha value is -2.55. The van der Waals surface area contributed by atoms with Crippen molar-refractivity contribution < 1.29 is 26.4 Å². The van der Waals surface area contributed by atoms with Crippen molar-refractivity contribution in [2.75, 3.05) is 57.8 Å². The van der Waals surface area contributed by atoms with E-state index in [0.29, 0.717) is 55.5 Å². The second-order valence-corrected chi connectivity index (χ2v) is 17.2. The number of amides is 1. The molecule has 2 aromatic rings. The van der Waals surface area contributed by atoms with Crippen LogP contribution >= 0.6 is 11.8 Å². The fourth-order valence-electron chi connectivity index (χ4n) is 8.02. The van der Waals surface area contributed by atoms with E-state index in [4.69, 9.17) is 5.10 Å². The van der Waals surface area contributed by atoms with Gasteiger partial charge in [-0.05, 0) is 77.0 Å². The van der Waals surface area contributed by atoms with E-state index in [1.54, 1.807) is 6.07 Å². The maximum Gasteiger partial charge on any atom is 0.417 e. The van der Waals surface area contributed by atoms with Gasteiger partial charge in [-0.2, -0.15) is 22.6 Å². The minimum atomic E-state index is -4.50. The molecule has 4 aliphatic rings. The molecule has 3 aliphatic heterocycles. The molecular weight excluding hydrogens is 686 g/mol. The smallest absolute Gasteiger partial charge is 0.375 e. The molecule has 50 heavy (non-hydrogen) atoms. The van der Waals surface area contributed by atoms with Crippen molar-refractivity contribution in [3.05, 3.63) is 46.8 Å². The standard InChI is InChI=1S/C36H51F3N6O3S2/c1-3-42(28-9-5-4-6-10-28)23-24-49-33-25-27(12-13-31(33)36(37,38)39)35-30-26-43(50(2,47)48)22-16-32(30)45(40-35)19-8-17-41-20-14-29(15-21-41)44-18-7-11-34(44)46/h9,12-13,25,29H,3-8,10-11,14-24,26H2,1-2H3. The van der Waals surface area contributed by atoms with Crippen LogP contribution in [0.3, 0.4) is 0 Å². The van der Waals surface area contributed by atoms with Gasteiger partial charge in [-0.15, -0.1) is 11.8 Å². The summed E-state index contributed by atoms with van der Waals surface area (Å²) in [6.45, 7) is 8.34. The third-order valence-electron chi connectivity index (χ3n) is 10.8. The number of benzene rings is 1. The van der Waals surface area contributed by atoms with Crippen molar-refractivity contribution in [3.63, 3.8) is 0 Å². The number of fused-ring (bicyclic) bond motifs is 1. The minimum absolute atomic E-state index is 0.149. The molecule has 2 saturated heterocycles. The van der Waals surface area contributed by atoms with Crippen molar-refractivity contribution in [1.29, 1.82) is 0 Å². The molecule has 0 spiro atoms. The Balaban J connectivity index is 1.19. The van der Waals surface area contributed by atoms with Gasteiger partial charge in [0.15, 0.2) is 0 Å². The Labute approximate surface area is 299 Å². The Morgan fingerprint density at radius 3 is 2.48 bits per heavy atom. The predicted molar refractivity (Wildman–Crippen MR) is 191 cm³/mol. The molecule has 1 aliphatic carbocycles. The highest BCUT2D eigenvalue weighted by Crippen LogP contribution is 2.40. The molecule has 0 radical (unpaired) electrons. The summed E-state index contributed by atoms with van der Waals surface area (Å²) in [7, 11) is -3.47. The third-order valence-corrected chi connectivity index (χ3v) is 13.0. The number of rotatable bonds is 13. The molecule has 4 heterocycles. The number of hydrogen-bond acceptors (Lipinski definition) is 7. The molecule has 1 aromatic carbocycles. The molecule has 0 unspecified atom stereocenters. The summed E-state index contributed by atoms with van der Waals surface area (Å²) in [6, 6.07) is 4.58. The highest BCUT2D eigenvalue weighted by Gasteiger charge is 2.35. The molecule has 1 amide bonds. The van der Waals surface area contributed by atoms with Gasteiger partial charge in [0.2, 0.25) is 15.9 Å². The van der Waals surface area contributed by atoms with Gasteiger partial charge in [-0.1, -0.05) is 12.1 Å². The Morgan fingerprint density at radius 2 is 1.82 bits per heavy atom. The van der Waals surface area contributed by atoms with Crippen LogP contribution < -0.4 is 0 Å². The lowest BCUT2D eigenvalue weighted by molar-refractivity contribution is -0.139. The van der Waals surface area contributed by atoms with Gasteiger partial charge in [0.05, 0.1) is 17.5 Å². The number of hydrogen-bond donors (Lipinski definition) is 0. The fraction of sp³-hybridized carbons (Fsp3) is 0.667. The number of allylic oxidation sites excluding steroid dienone is 2. The van der Waals surface area contributed by atoms with Crippen LogP contribution in [0, 0.1) is 0 Å². The highest BCUT2D eigenvalue weighted by atomic mass is 32.2. The van der Waals surface area contributed by atoms with E-state index < -0.39 is 21.8 Å². The quantitative estimate of drug-likeness (QED) is 0.226. The van der Waals surface area contributed by atoms with Crippen LogP contribution in [0.4, 0.5) is 13.2 Å². The number of aryl methyl sites for hydroxylation is 1. The predicted octanol–water partition coefficient (Wildman–Crippen LogP) is 6.24. The lowest BCUT2D eigenvalue weighted by atomic mass is 10.0. The lowest BCUT2D eigenvalue weighted by Gasteiger charge is -2.36. The zero-order valence-electron chi connectivity index (χ0n) is 29.4. The monoisotopic (exact) mass is 736 g/mol. The average Bonchev–Trinajstić information content (AvgIpc) is 3.69. The Kier molecular flexibility index (Phi) is 11.9. The summed E-state index contributed by atoms with van der Waals surface area (Å²) in [5, 5.41) is 4.98. The van der Waals surface area contributed by atoms with E-state index in [1.807, 2.05) is 4.68 Å². The first kappa shape index (κ1) is 37.2. The summed E-state index contributed by atoms with van der Waals surface area (Å²) >= 11 is 1.22. The summed E-state index contributed by atoms with van der Waals surface area (Å²) in [5.41, 5.74) is 3.50. The second kappa shape index (κ2) is 16.0. The van der Waals surface area contributed by atoms with E-state index in [0.717, 1.165) is 95.0 Å². The molecule has 0 saturated carbocycles. The first-order chi connectivity index (χ1) is 23.9. The molecule has 0 atom stereocenters. The molecule has 2 fully saturated rings. The summed E-state index contributed by atoms with van der Waals surface area (Å²) in [4.78, 5) is 19.2. The van der Waals surface area contributed by atoms with Gasteiger partial charge in [0.1, 0.15) is 0 Å². The van der Waals surface area contributed by atoms with Gasteiger partial charge in [0.25, 0.3) is 0 Å². The number of likely N-dealkylation sites (tertiary alicyclic amines) is 2. The summed E-state index contributed by atoms with van der Waals surface area (Å²) in [5.74, 6) is 0.795. The molecule has 0 bridgehead atoms. The van der Waals surface area contributed by atoms with Crippen molar-refractivity contribution in [1.82, 2.24) is 28.8 Å². The van der Waals surface area contributed by atoms with E-state index in [9.17, 15) is 26.4 Å². The molecule has 276 valence electrons. The van der Waals surface area contributed by atoms with Crippen LogP contribution in [0.15, 0.2) is 34.9 Å². The van der Waals surface area contributed by atoms with Gasteiger partial charge in [0, 0.05) is 104 Å². The zero-order valence-corrected chi connectivity index (χ0v) is 31.0. The van der Waals surface area contributed by atoms with Gasteiger partial charge >= 0.3 is 6.18 Å². The number of nitrogens with zero attached hydrogens (tertiary/aromatic N) is 6. The van der Waals surface area contributed by atoms with E-state index >= 15 is 0 Å². The van der Waals surface area contributed by atoms with Crippen LogP contribution in [-0.4, -0.2) is 107 Å². The number of carbonyl (C=O) groups excluding carboxylic acids is 1. The number of alkyl halides is 3. The highest BCUT2D eigenvalue weighted by molar-refractivity contribution is 7.99. The minimum Gasteiger partial charge on any atom is -0.375 e.